The maximum atomic E-state index is 12.6. The summed E-state index contributed by atoms with van der Waals surface area (Å²) in [5.41, 5.74) is 2.78. The van der Waals surface area contributed by atoms with Crippen molar-refractivity contribution in [1.82, 2.24) is 4.98 Å². The molecule has 0 unspecified atom stereocenters. The molecule has 0 aliphatic carbocycles. The van der Waals surface area contributed by atoms with E-state index in [1.54, 1.807) is 0 Å². The van der Waals surface area contributed by atoms with E-state index in [2.05, 4.69) is 53.6 Å². The molecule has 3 nitrogen and oxygen atoms in total. The van der Waals surface area contributed by atoms with Crippen LogP contribution in [0.3, 0.4) is 0 Å². The molecule has 0 spiro atoms. The summed E-state index contributed by atoms with van der Waals surface area (Å²) in [6.45, 7) is 2.05. The van der Waals surface area contributed by atoms with Crippen molar-refractivity contribution in [3.63, 3.8) is 0 Å². The number of benzene rings is 3. The molecule has 1 heterocycles. The largest absolute Gasteiger partial charge is 0.357 e. The summed E-state index contributed by atoms with van der Waals surface area (Å²) in [5.74, 6) is -0.111. The molecule has 4 aromatic rings. The van der Waals surface area contributed by atoms with Gasteiger partial charge in [-0.15, -0.1) is 0 Å². The average Bonchev–Trinajstić information content (AvgIpc) is 3.04. The van der Waals surface area contributed by atoms with Crippen molar-refractivity contribution < 1.29 is 26.0 Å². The molecular formula is C21H16IN2OS+. The van der Waals surface area contributed by atoms with Gasteiger partial charge in [0.25, 0.3) is 5.91 Å². The van der Waals surface area contributed by atoms with Crippen molar-refractivity contribution in [3.8, 4) is 0 Å². The Morgan fingerprint density at radius 1 is 0.962 bits per heavy atom. The zero-order valence-electron chi connectivity index (χ0n) is 14.1. The molecule has 1 N–H and O–H groups in total. The summed E-state index contributed by atoms with van der Waals surface area (Å²) in [6, 6.07) is 24.4. The number of aromatic nitrogens is 1. The zero-order chi connectivity index (χ0) is 17.9. The van der Waals surface area contributed by atoms with Gasteiger partial charge in [0, 0.05) is 11.6 Å². The van der Waals surface area contributed by atoms with Gasteiger partial charge in [-0.25, -0.2) is 4.98 Å². The highest BCUT2D eigenvalue weighted by molar-refractivity contribution is 7.22. The van der Waals surface area contributed by atoms with Crippen molar-refractivity contribution in [1.29, 1.82) is 0 Å². The van der Waals surface area contributed by atoms with Gasteiger partial charge in [0.05, 0.1) is 10.2 Å². The number of amides is 1. The van der Waals surface area contributed by atoms with E-state index in [9.17, 15) is 4.79 Å². The lowest BCUT2D eigenvalue weighted by Gasteiger charge is -2.00. The fourth-order valence-corrected chi connectivity index (χ4v) is 5.88. The third kappa shape index (κ3) is 3.94. The first-order valence-corrected chi connectivity index (χ1v) is 11.1. The third-order valence-corrected chi connectivity index (χ3v) is 7.37. The summed E-state index contributed by atoms with van der Waals surface area (Å²) >= 11 is 1.22. The quantitative estimate of drug-likeness (QED) is 0.463. The van der Waals surface area contributed by atoms with Crippen LogP contribution in [-0.4, -0.2) is 10.9 Å². The van der Waals surface area contributed by atoms with Gasteiger partial charge in [0.2, 0.25) is 0 Å². The van der Waals surface area contributed by atoms with Crippen LogP contribution in [0.4, 0.5) is 5.13 Å². The van der Waals surface area contributed by atoms with E-state index in [-0.39, 0.29) is 27.1 Å². The SMILES string of the molecule is Cc1ccc2nc(NC(=O)c3cccc([I+]c4ccccc4)c3)sc2c1. The van der Waals surface area contributed by atoms with Gasteiger partial charge >= 0.3 is 21.2 Å². The number of hydrogen-bond acceptors (Lipinski definition) is 3. The van der Waals surface area contributed by atoms with Gasteiger partial charge in [-0.1, -0.05) is 41.7 Å². The molecule has 3 aromatic carbocycles. The van der Waals surface area contributed by atoms with Gasteiger partial charge in [-0.05, 0) is 48.9 Å². The van der Waals surface area contributed by atoms with E-state index in [1.165, 1.54) is 24.0 Å². The summed E-state index contributed by atoms with van der Waals surface area (Å²) in [6.07, 6.45) is 0. The Labute approximate surface area is 166 Å². The number of rotatable bonds is 4. The molecule has 0 saturated heterocycles. The average molecular weight is 471 g/mol. The van der Waals surface area contributed by atoms with E-state index in [0.717, 1.165) is 10.2 Å². The standard InChI is InChI=1S/C21H15IN2OS/c1-14-10-11-18-19(12-14)26-21(23-18)24-20(25)15-6-5-9-17(13-15)22-16-7-3-2-4-8-16/h2-13H,1H3/p+1. The lowest BCUT2D eigenvalue weighted by Crippen LogP contribution is -3.61. The molecule has 4 rings (SSSR count). The Bertz CT molecular complexity index is 1080. The van der Waals surface area contributed by atoms with Crippen LogP contribution in [0.1, 0.15) is 15.9 Å². The molecule has 0 fully saturated rings. The third-order valence-electron chi connectivity index (χ3n) is 3.80. The number of carbonyl (C=O) groups excluding carboxylic acids is 1. The number of nitrogens with zero attached hydrogens (tertiary/aromatic N) is 1. The highest BCUT2D eigenvalue weighted by Gasteiger charge is 2.18. The van der Waals surface area contributed by atoms with E-state index < -0.39 is 0 Å². The van der Waals surface area contributed by atoms with Crippen molar-refractivity contribution in [3.05, 3.63) is 91.1 Å². The minimum atomic E-state index is -0.288. The van der Waals surface area contributed by atoms with Gasteiger partial charge in [0.15, 0.2) is 12.3 Å². The predicted molar refractivity (Wildman–Crippen MR) is 103 cm³/mol. The number of thiazole rings is 1. The number of carbonyl (C=O) groups is 1. The van der Waals surface area contributed by atoms with Gasteiger partial charge in [-0.2, -0.15) is 0 Å². The molecule has 0 atom stereocenters. The lowest BCUT2D eigenvalue weighted by atomic mass is 10.2. The van der Waals surface area contributed by atoms with Crippen LogP contribution in [0, 0.1) is 14.1 Å². The summed E-state index contributed by atoms with van der Waals surface area (Å²) in [4.78, 5) is 17.1. The molecule has 128 valence electrons. The van der Waals surface area contributed by atoms with Gasteiger partial charge < -0.3 is 0 Å². The molecule has 1 amide bonds. The van der Waals surface area contributed by atoms with Crippen molar-refractivity contribution in [2.45, 2.75) is 6.92 Å². The molecule has 0 saturated carbocycles. The summed E-state index contributed by atoms with van der Waals surface area (Å²) in [7, 11) is 0. The molecule has 26 heavy (non-hydrogen) atoms. The van der Waals surface area contributed by atoms with Crippen LogP contribution < -0.4 is 26.5 Å². The van der Waals surface area contributed by atoms with Crippen LogP contribution in [0.2, 0.25) is 0 Å². The Balaban J connectivity index is 1.53. The van der Waals surface area contributed by atoms with Crippen LogP contribution >= 0.6 is 11.3 Å². The van der Waals surface area contributed by atoms with Crippen LogP contribution in [0.15, 0.2) is 72.8 Å². The minimum Gasteiger partial charge on any atom is -0.298 e. The monoisotopic (exact) mass is 471 g/mol. The van der Waals surface area contributed by atoms with Crippen molar-refractivity contribution in [2.75, 3.05) is 5.32 Å². The predicted octanol–water partition coefficient (Wildman–Crippen LogP) is 1.99. The fourth-order valence-electron chi connectivity index (χ4n) is 2.55. The molecule has 0 aliphatic heterocycles. The van der Waals surface area contributed by atoms with Gasteiger partial charge in [-0.3, -0.25) is 10.1 Å². The van der Waals surface area contributed by atoms with Crippen LogP contribution in [0.5, 0.6) is 0 Å². The van der Waals surface area contributed by atoms with E-state index >= 15 is 0 Å². The molecular weight excluding hydrogens is 455 g/mol. The maximum Gasteiger partial charge on any atom is 0.357 e. The van der Waals surface area contributed by atoms with Crippen LogP contribution in [-0.2, 0) is 0 Å². The summed E-state index contributed by atoms with van der Waals surface area (Å²) in [5, 5.41) is 3.58. The normalized spacial score (nSPS) is 10.8. The Morgan fingerprint density at radius 2 is 1.77 bits per heavy atom. The zero-order valence-corrected chi connectivity index (χ0v) is 17.0. The first-order chi connectivity index (χ1) is 12.7. The highest BCUT2D eigenvalue weighted by Crippen LogP contribution is 2.26. The fraction of sp³-hybridized carbons (Fsp3) is 0.0476. The number of fused-ring (bicyclic) bond motifs is 1. The lowest BCUT2D eigenvalue weighted by molar-refractivity contribution is -0.597. The number of anilines is 1. The molecule has 1 aromatic heterocycles. The molecule has 0 aliphatic rings. The highest BCUT2D eigenvalue weighted by atomic mass is 127. The van der Waals surface area contributed by atoms with E-state index in [4.69, 9.17) is 0 Å². The van der Waals surface area contributed by atoms with E-state index in [0.29, 0.717) is 10.7 Å². The number of nitrogens with one attached hydrogen (secondary N) is 1. The second-order valence-corrected chi connectivity index (χ2v) is 9.91. The molecule has 0 radical (unpaired) electrons. The van der Waals surface area contributed by atoms with Crippen molar-refractivity contribution >= 4 is 32.6 Å². The molecule has 5 heteroatoms. The Hall–Kier alpha value is -2.25. The number of hydrogen-bond donors (Lipinski definition) is 1. The topological polar surface area (TPSA) is 42.0 Å². The Kier molecular flexibility index (Phi) is 4.99. The van der Waals surface area contributed by atoms with Crippen molar-refractivity contribution in [2.24, 2.45) is 0 Å². The first kappa shape index (κ1) is 17.2. The van der Waals surface area contributed by atoms with Crippen LogP contribution in [0.25, 0.3) is 10.2 Å². The van der Waals surface area contributed by atoms with Gasteiger partial charge in [0.1, 0.15) is 0 Å². The maximum absolute atomic E-state index is 12.6. The second-order valence-electron chi connectivity index (χ2n) is 5.84. The second kappa shape index (κ2) is 7.55. The Morgan fingerprint density at radius 3 is 2.62 bits per heavy atom. The number of halogens is 1. The summed E-state index contributed by atoms with van der Waals surface area (Å²) < 4.78 is 3.65. The minimum absolute atomic E-state index is 0.111. The molecule has 0 bridgehead atoms. The van der Waals surface area contributed by atoms with E-state index in [1.807, 2.05) is 36.4 Å². The number of aryl methyl sites for hydroxylation is 1. The first-order valence-electron chi connectivity index (χ1n) is 8.16. The smallest absolute Gasteiger partial charge is 0.298 e.